The van der Waals surface area contributed by atoms with Gasteiger partial charge in [0.1, 0.15) is 5.75 Å². The first-order chi connectivity index (χ1) is 11.9. The number of nitrogens with one attached hydrogen (secondary N) is 2. The van der Waals surface area contributed by atoms with Crippen LogP contribution in [0.1, 0.15) is 17.0 Å². The Morgan fingerprint density at radius 1 is 1.28 bits per heavy atom. The molecular formula is C17H15BrN2O4S. The summed E-state index contributed by atoms with van der Waals surface area (Å²) in [4.78, 5) is 11.4. The van der Waals surface area contributed by atoms with Crippen LogP contribution < -0.4 is 14.8 Å². The molecule has 8 heteroatoms. The Morgan fingerprint density at radius 3 is 2.88 bits per heavy atom. The van der Waals surface area contributed by atoms with Gasteiger partial charge in [0, 0.05) is 23.0 Å². The number of hydrogen-bond donors (Lipinski definition) is 2. The number of rotatable bonds is 4. The largest absolute Gasteiger partial charge is 0.482 e. The van der Waals surface area contributed by atoms with Gasteiger partial charge in [-0.2, -0.15) is 0 Å². The van der Waals surface area contributed by atoms with Gasteiger partial charge in [-0.15, -0.1) is 0 Å². The first-order valence-electron chi connectivity index (χ1n) is 7.78. The quantitative estimate of drug-likeness (QED) is 0.791. The SMILES string of the molecule is O=C1COc2cc(S(=O)(=O)NC[C@@H]3Cc4ccccc43)c(Br)cc2N1. The molecule has 4 rings (SSSR count). The maximum Gasteiger partial charge on any atom is 0.262 e. The van der Waals surface area contributed by atoms with Gasteiger partial charge in [-0.25, -0.2) is 13.1 Å². The molecule has 1 amide bonds. The number of fused-ring (bicyclic) bond motifs is 2. The molecule has 1 aliphatic carbocycles. The fourth-order valence-electron chi connectivity index (χ4n) is 3.12. The zero-order valence-corrected chi connectivity index (χ0v) is 15.5. The highest BCUT2D eigenvalue weighted by molar-refractivity contribution is 9.10. The van der Waals surface area contributed by atoms with Gasteiger partial charge in [0.05, 0.1) is 10.6 Å². The molecule has 1 atom stereocenters. The lowest BCUT2D eigenvalue weighted by Gasteiger charge is -2.30. The fraction of sp³-hybridized carbons (Fsp3) is 0.235. The average molecular weight is 423 g/mol. The van der Waals surface area contributed by atoms with Gasteiger partial charge in [0.2, 0.25) is 10.0 Å². The molecule has 2 aliphatic rings. The highest BCUT2D eigenvalue weighted by Crippen LogP contribution is 2.37. The Bertz CT molecular complexity index is 975. The molecule has 0 aromatic heterocycles. The number of carbonyl (C=O) groups excluding carboxylic acids is 1. The summed E-state index contributed by atoms with van der Waals surface area (Å²) >= 11 is 3.27. The molecular weight excluding hydrogens is 408 g/mol. The van der Waals surface area contributed by atoms with Crippen LogP contribution in [0.25, 0.3) is 0 Å². The Balaban J connectivity index is 1.54. The number of sulfonamides is 1. The lowest BCUT2D eigenvalue weighted by atomic mass is 9.78. The summed E-state index contributed by atoms with van der Waals surface area (Å²) in [7, 11) is -3.70. The number of anilines is 1. The third kappa shape index (κ3) is 3.05. The summed E-state index contributed by atoms with van der Waals surface area (Å²) in [5.41, 5.74) is 2.92. The maximum absolute atomic E-state index is 12.7. The summed E-state index contributed by atoms with van der Waals surface area (Å²) in [6.07, 6.45) is 0.874. The molecule has 2 aromatic carbocycles. The number of carbonyl (C=O) groups is 1. The van der Waals surface area contributed by atoms with Crippen LogP contribution in [-0.2, 0) is 21.2 Å². The number of halogens is 1. The molecule has 25 heavy (non-hydrogen) atoms. The smallest absolute Gasteiger partial charge is 0.262 e. The molecule has 0 fully saturated rings. The minimum atomic E-state index is -3.70. The molecule has 0 saturated carbocycles. The van der Waals surface area contributed by atoms with Crippen LogP contribution in [0.3, 0.4) is 0 Å². The van der Waals surface area contributed by atoms with E-state index in [-0.39, 0.29) is 23.3 Å². The van der Waals surface area contributed by atoms with Crippen LogP contribution in [0.2, 0.25) is 0 Å². The van der Waals surface area contributed by atoms with Crippen LogP contribution in [0, 0.1) is 0 Å². The topological polar surface area (TPSA) is 84.5 Å². The molecule has 0 bridgehead atoms. The number of hydrogen-bond acceptors (Lipinski definition) is 4. The molecule has 0 radical (unpaired) electrons. The highest BCUT2D eigenvalue weighted by Gasteiger charge is 2.29. The van der Waals surface area contributed by atoms with E-state index in [0.29, 0.717) is 22.5 Å². The van der Waals surface area contributed by atoms with Gasteiger partial charge < -0.3 is 10.1 Å². The van der Waals surface area contributed by atoms with Crippen LogP contribution >= 0.6 is 15.9 Å². The third-order valence-corrected chi connectivity index (χ3v) is 6.82. The molecule has 0 saturated heterocycles. The van der Waals surface area contributed by atoms with Crippen molar-refractivity contribution in [2.24, 2.45) is 0 Å². The standard InChI is InChI=1S/C17H15BrN2O4S/c18-13-6-14-15(24-9-17(21)20-14)7-16(13)25(22,23)19-8-11-5-10-3-1-2-4-12(10)11/h1-4,6-7,11,19H,5,8-9H2,(H,20,21)/t11-/m0/s1. The number of amides is 1. The van der Waals surface area contributed by atoms with Crippen LogP contribution in [-0.4, -0.2) is 27.5 Å². The monoisotopic (exact) mass is 422 g/mol. The van der Waals surface area contributed by atoms with Gasteiger partial charge in [-0.05, 0) is 39.5 Å². The fourth-order valence-corrected chi connectivity index (χ4v) is 5.26. The summed E-state index contributed by atoms with van der Waals surface area (Å²) in [6.45, 7) is 0.223. The molecule has 2 aromatic rings. The second-order valence-electron chi connectivity index (χ2n) is 6.07. The van der Waals surface area contributed by atoms with Crippen molar-refractivity contribution in [3.05, 3.63) is 52.0 Å². The maximum atomic E-state index is 12.7. The van der Waals surface area contributed by atoms with E-state index in [1.54, 1.807) is 6.07 Å². The summed E-state index contributed by atoms with van der Waals surface area (Å²) in [5.74, 6) is 0.270. The summed E-state index contributed by atoms with van der Waals surface area (Å²) < 4.78 is 33.7. The van der Waals surface area contributed by atoms with Crippen molar-refractivity contribution in [3.63, 3.8) is 0 Å². The Hall–Kier alpha value is -1.90. The Morgan fingerprint density at radius 2 is 2.08 bits per heavy atom. The average Bonchev–Trinajstić information content (AvgIpc) is 2.54. The number of ether oxygens (including phenoxy) is 1. The predicted octanol–water partition coefficient (Wildman–Crippen LogP) is 2.40. The van der Waals surface area contributed by atoms with Crippen LogP contribution in [0.4, 0.5) is 5.69 Å². The molecule has 1 heterocycles. The van der Waals surface area contributed by atoms with Gasteiger partial charge in [-0.1, -0.05) is 24.3 Å². The van der Waals surface area contributed by atoms with Crippen molar-refractivity contribution >= 4 is 37.5 Å². The second-order valence-corrected chi connectivity index (χ2v) is 8.66. The van der Waals surface area contributed by atoms with E-state index in [9.17, 15) is 13.2 Å². The van der Waals surface area contributed by atoms with E-state index in [4.69, 9.17) is 4.74 Å². The Kier molecular flexibility index (Phi) is 4.05. The summed E-state index contributed by atoms with van der Waals surface area (Å²) in [6, 6.07) is 11.0. The lowest BCUT2D eigenvalue weighted by molar-refractivity contribution is -0.118. The van der Waals surface area contributed by atoms with Crippen molar-refractivity contribution in [2.75, 3.05) is 18.5 Å². The zero-order chi connectivity index (χ0) is 17.6. The Labute approximate surface area is 153 Å². The molecule has 6 nitrogen and oxygen atoms in total. The minimum Gasteiger partial charge on any atom is -0.482 e. The molecule has 0 unspecified atom stereocenters. The predicted molar refractivity (Wildman–Crippen MR) is 96.3 cm³/mol. The zero-order valence-electron chi connectivity index (χ0n) is 13.1. The van der Waals surface area contributed by atoms with Gasteiger partial charge >= 0.3 is 0 Å². The first kappa shape index (κ1) is 16.6. The summed E-state index contributed by atoms with van der Waals surface area (Å²) in [5, 5.41) is 2.65. The molecule has 1 aliphatic heterocycles. The lowest BCUT2D eigenvalue weighted by Crippen LogP contribution is -2.33. The van der Waals surface area contributed by atoms with Crippen molar-refractivity contribution in [3.8, 4) is 5.75 Å². The van der Waals surface area contributed by atoms with Crippen LogP contribution in [0.15, 0.2) is 45.8 Å². The molecule has 0 spiro atoms. The number of benzene rings is 2. The molecule has 2 N–H and O–H groups in total. The van der Waals surface area contributed by atoms with E-state index in [1.807, 2.05) is 18.2 Å². The van der Waals surface area contributed by atoms with Gasteiger partial charge in [-0.3, -0.25) is 4.79 Å². The van der Waals surface area contributed by atoms with Crippen LogP contribution in [0.5, 0.6) is 5.75 Å². The van der Waals surface area contributed by atoms with E-state index in [1.165, 1.54) is 17.2 Å². The van der Waals surface area contributed by atoms with E-state index >= 15 is 0 Å². The van der Waals surface area contributed by atoms with Crippen molar-refractivity contribution < 1.29 is 17.9 Å². The second kappa shape index (κ2) is 6.12. The van der Waals surface area contributed by atoms with E-state index in [2.05, 4.69) is 32.0 Å². The normalized spacial score (nSPS) is 18.4. The minimum absolute atomic E-state index is 0.0926. The van der Waals surface area contributed by atoms with E-state index < -0.39 is 10.0 Å². The first-order valence-corrected chi connectivity index (χ1v) is 10.1. The van der Waals surface area contributed by atoms with Crippen molar-refractivity contribution in [1.29, 1.82) is 0 Å². The van der Waals surface area contributed by atoms with Crippen molar-refractivity contribution in [1.82, 2.24) is 4.72 Å². The van der Waals surface area contributed by atoms with Gasteiger partial charge in [0.15, 0.2) is 6.61 Å². The van der Waals surface area contributed by atoms with E-state index in [0.717, 1.165) is 6.42 Å². The highest BCUT2D eigenvalue weighted by atomic mass is 79.9. The van der Waals surface area contributed by atoms with Crippen molar-refractivity contribution in [2.45, 2.75) is 17.2 Å². The van der Waals surface area contributed by atoms with Gasteiger partial charge in [0.25, 0.3) is 5.91 Å². The third-order valence-electron chi connectivity index (χ3n) is 4.44. The molecule has 130 valence electrons.